The SMILES string of the molecule is CC1(C)C2C[C@H]1CC1OB(C(Cc3coc4ccccc34)NONCc3ccc(Cl)cc3C3CCCO3)OC12. The van der Waals surface area contributed by atoms with Crippen molar-refractivity contribution in [3.05, 3.63) is 70.4 Å². The van der Waals surface area contributed by atoms with E-state index in [4.69, 9.17) is 35.0 Å². The Balaban J connectivity index is 1.05. The van der Waals surface area contributed by atoms with E-state index in [-0.39, 0.29) is 24.3 Å². The zero-order valence-electron chi connectivity index (χ0n) is 22.5. The third kappa shape index (κ3) is 4.84. The molecule has 5 unspecified atom stereocenters. The topological polar surface area (TPSA) is 74.1 Å². The van der Waals surface area contributed by atoms with E-state index in [2.05, 4.69) is 30.9 Å². The second-order valence-electron chi connectivity index (χ2n) is 12.2. The molecule has 8 rings (SSSR count). The van der Waals surface area contributed by atoms with Crippen molar-refractivity contribution in [2.45, 2.75) is 76.7 Å². The highest BCUT2D eigenvalue weighted by Crippen LogP contribution is 2.61. The van der Waals surface area contributed by atoms with Crippen LogP contribution in [-0.2, 0) is 31.9 Å². The van der Waals surface area contributed by atoms with Crippen LogP contribution in [0.3, 0.4) is 0 Å². The molecule has 1 aromatic heterocycles. The van der Waals surface area contributed by atoms with Crippen molar-refractivity contribution in [3.63, 3.8) is 0 Å². The molecule has 5 fully saturated rings. The molecule has 206 valence electrons. The first-order chi connectivity index (χ1) is 19.0. The molecule has 39 heavy (non-hydrogen) atoms. The molecular formula is C30H36BClN2O5. The molecule has 6 atom stereocenters. The van der Waals surface area contributed by atoms with Gasteiger partial charge in [-0.3, -0.25) is 0 Å². The highest BCUT2D eigenvalue weighted by Gasteiger charge is 2.62. The number of hydroxylamine groups is 2. The van der Waals surface area contributed by atoms with E-state index in [1.54, 1.807) is 0 Å². The number of fused-ring (bicyclic) bond motifs is 1. The summed E-state index contributed by atoms with van der Waals surface area (Å²) in [5.74, 6) is 1.03. The molecular weight excluding hydrogens is 515 g/mol. The van der Waals surface area contributed by atoms with Crippen molar-refractivity contribution in [3.8, 4) is 0 Å². The number of rotatable bonds is 9. The van der Waals surface area contributed by atoms with Gasteiger partial charge < -0.3 is 18.5 Å². The normalized spacial score (nSPS) is 29.9. The summed E-state index contributed by atoms with van der Waals surface area (Å²) in [6.07, 6.45) is 7.20. The van der Waals surface area contributed by atoms with Gasteiger partial charge >= 0.3 is 7.12 Å². The number of benzene rings is 2. The van der Waals surface area contributed by atoms with E-state index >= 15 is 0 Å². The minimum atomic E-state index is -0.413. The van der Waals surface area contributed by atoms with E-state index in [1.165, 1.54) is 6.42 Å². The van der Waals surface area contributed by atoms with Gasteiger partial charge in [0.25, 0.3) is 0 Å². The number of nitrogens with one attached hydrogen (secondary N) is 2. The van der Waals surface area contributed by atoms with Crippen LogP contribution in [0.5, 0.6) is 0 Å². The number of para-hydroxylation sites is 1. The van der Waals surface area contributed by atoms with Crippen LogP contribution in [0.15, 0.2) is 53.1 Å². The Morgan fingerprint density at radius 1 is 1.13 bits per heavy atom. The van der Waals surface area contributed by atoms with Crippen molar-refractivity contribution in [1.29, 1.82) is 0 Å². The van der Waals surface area contributed by atoms with Crippen LogP contribution in [-0.4, -0.2) is 31.9 Å². The molecule has 9 heteroatoms. The zero-order chi connectivity index (χ0) is 26.6. The highest BCUT2D eigenvalue weighted by molar-refractivity contribution is 6.47. The number of ether oxygens (including phenoxy) is 1. The van der Waals surface area contributed by atoms with Gasteiger partial charge in [-0.05, 0) is 84.2 Å². The van der Waals surface area contributed by atoms with Crippen LogP contribution in [0.1, 0.15) is 62.3 Å². The Morgan fingerprint density at radius 3 is 2.87 bits per heavy atom. The minimum absolute atomic E-state index is 0.0784. The Kier molecular flexibility index (Phi) is 7.00. The van der Waals surface area contributed by atoms with Crippen LogP contribution in [0.25, 0.3) is 11.0 Å². The third-order valence-corrected chi connectivity index (χ3v) is 9.92. The Hall–Kier alpha value is -1.91. The average molecular weight is 551 g/mol. The molecule has 2 aliphatic heterocycles. The van der Waals surface area contributed by atoms with Gasteiger partial charge in [0.1, 0.15) is 5.58 Å². The first-order valence-corrected chi connectivity index (χ1v) is 14.7. The monoisotopic (exact) mass is 550 g/mol. The molecule has 5 aliphatic rings. The Bertz CT molecular complexity index is 1330. The molecule has 0 radical (unpaired) electrons. The van der Waals surface area contributed by atoms with E-state index in [0.717, 1.165) is 53.5 Å². The van der Waals surface area contributed by atoms with Gasteiger partial charge in [0.05, 0.1) is 30.5 Å². The van der Waals surface area contributed by atoms with Crippen molar-refractivity contribution in [2.24, 2.45) is 17.3 Å². The lowest BCUT2D eigenvalue weighted by Gasteiger charge is -2.60. The maximum absolute atomic E-state index is 6.63. The number of halogens is 1. The fourth-order valence-corrected chi connectivity index (χ4v) is 7.43. The van der Waals surface area contributed by atoms with Gasteiger partial charge in [-0.1, -0.05) is 49.7 Å². The summed E-state index contributed by atoms with van der Waals surface area (Å²) >= 11 is 6.31. The summed E-state index contributed by atoms with van der Waals surface area (Å²) in [7, 11) is -0.413. The van der Waals surface area contributed by atoms with Crippen molar-refractivity contribution in [2.75, 3.05) is 6.61 Å². The van der Waals surface area contributed by atoms with Gasteiger partial charge in [-0.25, -0.2) is 4.94 Å². The third-order valence-electron chi connectivity index (χ3n) is 9.69. The molecule has 2 aromatic carbocycles. The summed E-state index contributed by atoms with van der Waals surface area (Å²) in [6, 6.07) is 14.0. The highest BCUT2D eigenvalue weighted by atomic mass is 35.5. The quantitative estimate of drug-likeness (QED) is 0.194. The summed E-state index contributed by atoms with van der Waals surface area (Å²) in [5, 5.41) is 1.81. The second-order valence-corrected chi connectivity index (χ2v) is 12.6. The van der Waals surface area contributed by atoms with Crippen molar-refractivity contribution in [1.82, 2.24) is 11.0 Å². The molecule has 7 nitrogen and oxygen atoms in total. The average Bonchev–Trinajstić information content (AvgIpc) is 3.70. The predicted octanol–water partition coefficient (Wildman–Crippen LogP) is 5.95. The van der Waals surface area contributed by atoms with Gasteiger partial charge in [0.2, 0.25) is 0 Å². The fraction of sp³-hybridized carbons (Fsp3) is 0.533. The van der Waals surface area contributed by atoms with Crippen LogP contribution in [0.2, 0.25) is 5.02 Å². The molecule has 0 amide bonds. The summed E-state index contributed by atoms with van der Waals surface area (Å²) in [6.45, 7) is 6.05. The number of hydrogen-bond acceptors (Lipinski definition) is 7. The smallest absolute Gasteiger partial charge is 0.464 e. The van der Waals surface area contributed by atoms with Crippen LogP contribution in [0, 0.1) is 17.3 Å². The number of hydrogen-bond donors (Lipinski definition) is 2. The second kappa shape index (κ2) is 10.5. The summed E-state index contributed by atoms with van der Waals surface area (Å²) < 4.78 is 24.9. The molecule has 2 N–H and O–H groups in total. The Morgan fingerprint density at radius 2 is 2.03 bits per heavy atom. The van der Waals surface area contributed by atoms with E-state index < -0.39 is 7.12 Å². The molecule has 3 aromatic rings. The molecule has 0 spiro atoms. The van der Waals surface area contributed by atoms with Crippen LogP contribution < -0.4 is 11.0 Å². The van der Waals surface area contributed by atoms with Crippen LogP contribution in [0.4, 0.5) is 0 Å². The van der Waals surface area contributed by atoms with E-state index in [9.17, 15) is 0 Å². The fourth-order valence-electron chi connectivity index (χ4n) is 7.25. The van der Waals surface area contributed by atoms with E-state index in [0.29, 0.717) is 35.2 Å². The minimum Gasteiger partial charge on any atom is -0.464 e. The molecule has 3 heterocycles. The molecule has 2 saturated heterocycles. The lowest BCUT2D eigenvalue weighted by molar-refractivity contribution is -0.150. The standard InChI is InChI=1S/C30H36BClN2O5/c1-30(2)20-13-24(30)29-27(14-20)37-31(38-29)28(12-19-17-36-25-7-4-3-6-22(19)25)34-39-33-16-18-9-10-21(32)15-23(18)26-8-5-11-35-26/h3-4,6-7,9-10,15,17,20,24,26-29,33-34H,5,8,11-14,16H2,1-2H3/t20-,24?,26?,27?,28?,29?/m0/s1. The zero-order valence-corrected chi connectivity index (χ0v) is 23.3. The Labute approximate surface area is 234 Å². The van der Waals surface area contributed by atoms with Crippen molar-refractivity contribution < 1.29 is 23.4 Å². The lowest BCUT2D eigenvalue weighted by atomic mass is 9.47. The van der Waals surface area contributed by atoms with Gasteiger partial charge in [-0.15, -0.1) is 0 Å². The summed E-state index contributed by atoms with van der Waals surface area (Å²) in [4.78, 5) is 5.89. The van der Waals surface area contributed by atoms with Gasteiger partial charge in [0.15, 0.2) is 0 Å². The molecule has 3 saturated carbocycles. The lowest BCUT2D eigenvalue weighted by Crippen LogP contribution is -2.59. The maximum Gasteiger partial charge on any atom is 0.478 e. The van der Waals surface area contributed by atoms with Gasteiger partial charge in [0, 0.05) is 23.6 Å². The molecule has 2 bridgehead atoms. The van der Waals surface area contributed by atoms with Crippen LogP contribution >= 0.6 is 11.6 Å². The maximum atomic E-state index is 6.63. The largest absolute Gasteiger partial charge is 0.478 e. The number of furan rings is 1. The first-order valence-electron chi connectivity index (χ1n) is 14.3. The van der Waals surface area contributed by atoms with Gasteiger partial charge in [-0.2, -0.15) is 11.0 Å². The predicted molar refractivity (Wildman–Crippen MR) is 150 cm³/mol. The van der Waals surface area contributed by atoms with E-state index in [1.807, 2.05) is 42.7 Å². The first kappa shape index (κ1) is 26.0. The molecule has 3 aliphatic carbocycles. The summed E-state index contributed by atoms with van der Waals surface area (Å²) in [5.41, 5.74) is 10.8. The van der Waals surface area contributed by atoms with Crippen molar-refractivity contribution >= 4 is 29.7 Å².